The highest BCUT2D eigenvalue weighted by Crippen LogP contribution is 2.17. The van der Waals surface area contributed by atoms with Crippen molar-refractivity contribution >= 4 is 11.4 Å². The minimum absolute atomic E-state index is 0.0315. The average molecular weight is 178 g/mol. The second-order valence-electron chi connectivity index (χ2n) is 2.36. The first-order chi connectivity index (χ1) is 5.25. The Morgan fingerprint density at radius 2 is 1.58 bits per heavy atom. The first kappa shape index (κ1) is 10.9. The van der Waals surface area contributed by atoms with Crippen molar-refractivity contribution in [3.63, 3.8) is 0 Å². The Labute approximate surface area is 68.1 Å². The van der Waals surface area contributed by atoms with E-state index in [-0.39, 0.29) is 11.3 Å². The van der Waals surface area contributed by atoms with Crippen molar-refractivity contribution in [2.24, 2.45) is 0 Å². The molecule has 0 aliphatic rings. The van der Waals surface area contributed by atoms with Crippen LogP contribution in [0.25, 0.3) is 0 Å². The number of rotatable bonds is 2. The molecule has 0 aliphatic heterocycles. The van der Waals surface area contributed by atoms with Gasteiger partial charge in [-0.25, -0.2) is 0 Å². The predicted octanol–water partition coefficient (Wildman–Crippen LogP) is 2.55. The van der Waals surface area contributed by atoms with Gasteiger partial charge in [0.25, 0.3) is 0 Å². The third-order valence-electron chi connectivity index (χ3n) is 1.26. The Morgan fingerprint density at radius 1 is 1.17 bits per heavy atom. The quantitative estimate of drug-likeness (QED) is 0.610. The van der Waals surface area contributed by atoms with Crippen molar-refractivity contribution in [1.82, 2.24) is 0 Å². The predicted molar refractivity (Wildman–Crippen MR) is 40.9 cm³/mol. The van der Waals surface area contributed by atoms with Crippen molar-refractivity contribution in [2.75, 3.05) is 0 Å². The van der Waals surface area contributed by atoms with Crippen molar-refractivity contribution < 1.29 is 13.2 Å². The van der Waals surface area contributed by atoms with Gasteiger partial charge in [0.2, 0.25) is 0 Å². The molecule has 68 valence electrons. The lowest BCUT2D eigenvalue weighted by Gasteiger charge is -2.04. The van der Waals surface area contributed by atoms with Crippen molar-refractivity contribution in [1.29, 1.82) is 10.8 Å². The molecule has 0 rings (SSSR count). The van der Waals surface area contributed by atoms with E-state index in [2.05, 4.69) is 0 Å². The third-order valence-corrected chi connectivity index (χ3v) is 1.26. The van der Waals surface area contributed by atoms with Crippen LogP contribution in [0.15, 0.2) is 11.6 Å². The molecule has 0 saturated heterocycles. The summed E-state index contributed by atoms with van der Waals surface area (Å²) < 4.78 is 35.2. The van der Waals surface area contributed by atoms with E-state index in [1.165, 1.54) is 13.8 Å². The lowest BCUT2D eigenvalue weighted by Crippen LogP contribution is -2.20. The summed E-state index contributed by atoms with van der Waals surface area (Å²) >= 11 is 0. The third kappa shape index (κ3) is 3.32. The van der Waals surface area contributed by atoms with Crippen LogP contribution in [0.2, 0.25) is 0 Å². The molecule has 5 heteroatoms. The van der Waals surface area contributed by atoms with Gasteiger partial charge in [0, 0.05) is 5.71 Å². The van der Waals surface area contributed by atoms with Crippen LogP contribution in [0, 0.1) is 10.8 Å². The molecule has 0 bridgehead atoms. The molecule has 0 unspecified atom stereocenters. The number of halogens is 3. The smallest absolute Gasteiger partial charge is 0.305 e. The van der Waals surface area contributed by atoms with Crippen molar-refractivity contribution in [2.45, 2.75) is 20.0 Å². The number of hydrogen-bond acceptors (Lipinski definition) is 2. The lowest BCUT2D eigenvalue weighted by atomic mass is 10.1. The van der Waals surface area contributed by atoms with E-state index < -0.39 is 11.9 Å². The summed E-state index contributed by atoms with van der Waals surface area (Å²) in [6.45, 7) is 2.73. The summed E-state index contributed by atoms with van der Waals surface area (Å²) in [5, 5.41) is 13.5. The molecule has 0 aliphatic carbocycles. The Kier molecular flexibility index (Phi) is 3.18. The molecular weight excluding hydrogens is 169 g/mol. The van der Waals surface area contributed by atoms with E-state index in [1.807, 2.05) is 0 Å². The Morgan fingerprint density at radius 3 is 1.83 bits per heavy atom. The van der Waals surface area contributed by atoms with Crippen LogP contribution in [0.5, 0.6) is 0 Å². The van der Waals surface area contributed by atoms with Gasteiger partial charge in [-0.2, -0.15) is 13.2 Å². The monoisotopic (exact) mass is 178 g/mol. The Hall–Kier alpha value is -1.13. The minimum atomic E-state index is -4.61. The summed E-state index contributed by atoms with van der Waals surface area (Å²) in [6.07, 6.45) is -3.97. The topological polar surface area (TPSA) is 47.7 Å². The highest BCUT2D eigenvalue weighted by molar-refractivity contribution is 6.05. The van der Waals surface area contributed by atoms with Gasteiger partial charge in [-0.1, -0.05) is 0 Å². The molecule has 2 nitrogen and oxygen atoms in total. The number of nitrogens with one attached hydrogen (secondary N) is 2. The highest BCUT2D eigenvalue weighted by Gasteiger charge is 2.32. The van der Waals surface area contributed by atoms with Crippen LogP contribution in [0.1, 0.15) is 13.8 Å². The van der Waals surface area contributed by atoms with Gasteiger partial charge < -0.3 is 5.41 Å². The summed E-state index contributed by atoms with van der Waals surface area (Å²) in [5.41, 5.74) is -1.24. The fourth-order valence-corrected chi connectivity index (χ4v) is 0.407. The Bertz CT molecular complexity index is 238. The largest absolute Gasteiger partial charge is 0.432 e. The maximum Gasteiger partial charge on any atom is 0.432 e. The number of alkyl halides is 3. The molecule has 0 saturated carbocycles. The SMILES string of the molecule is CC(=N)/C(C)=C/C(=N)C(F)(F)F. The highest BCUT2D eigenvalue weighted by atomic mass is 19.4. The van der Waals surface area contributed by atoms with Crippen LogP contribution < -0.4 is 0 Å². The zero-order valence-electron chi connectivity index (χ0n) is 6.71. The normalized spacial score (nSPS) is 12.9. The van der Waals surface area contributed by atoms with Crippen LogP contribution in [-0.4, -0.2) is 17.6 Å². The van der Waals surface area contributed by atoms with E-state index in [4.69, 9.17) is 10.8 Å². The van der Waals surface area contributed by atoms with Crippen LogP contribution in [0.4, 0.5) is 13.2 Å². The zero-order chi connectivity index (χ0) is 9.94. The van der Waals surface area contributed by atoms with Crippen LogP contribution >= 0.6 is 0 Å². The lowest BCUT2D eigenvalue weighted by molar-refractivity contribution is -0.0584. The van der Waals surface area contributed by atoms with E-state index in [0.29, 0.717) is 6.08 Å². The summed E-state index contributed by atoms with van der Waals surface area (Å²) in [7, 11) is 0. The van der Waals surface area contributed by atoms with Gasteiger partial charge in [0.1, 0.15) is 5.71 Å². The molecule has 2 N–H and O–H groups in total. The standard InChI is InChI=1S/C7H9F3N2/c1-4(5(2)11)3-6(12)7(8,9)10/h3,11-12H,1-2H3/b4-3+,11-5?,12-6?. The zero-order valence-corrected chi connectivity index (χ0v) is 6.71. The second-order valence-corrected chi connectivity index (χ2v) is 2.36. The summed E-state index contributed by atoms with van der Waals surface area (Å²) in [5.74, 6) is 0. The maximum atomic E-state index is 11.7. The molecule has 0 spiro atoms. The van der Waals surface area contributed by atoms with E-state index in [9.17, 15) is 13.2 Å². The molecule has 0 fully saturated rings. The van der Waals surface area contributed by atoms with Crippen LogP contribution in [0.3, 0.4) is 0 Å². The Balaban J connectivity index is 4.57. The fourth-order valence-electron chi connectivity index (χ4n) is 0.407. The molecule has 0 aromatic heterocycles. The summed E-state index contributed by atoms with van der Waals surface area (Å²) in [4.78, 5) is 0. The second kappa shape index (κ2) is 3.51. The minimum Gasteiger partial charge on any atom is -0.305 e. The first-order valence-electron chi connectivity index (χ1n) is 3.14. The molecule has 0 atom stereocenters. The van der Waals surface area contributed by atoms with Gasteiger partial charge >= 0.3 is 6.18 Å². The van der Waals surface area contributed by atoms with Gasteiger partial charge in [0.05, 0.1) is 0 Å². The van der Waals surface area contributed by atoms with Gasteiger partial charge in [0.15, 0.2) is 0 Å². The van der Waals surface area contributed by atoms with Crippen molar-refractivity contribution in [3.05, 3.63) is 11.6 Å². The molecular formula is C7H9F3N2. The van der Waals surface area contributed by atoms with Crippen LogP contribution in [-0.2, 0) is 0 Å². The molecule has 12 heavy (non-hydrogen) atoms. The average Bonchev–Trinajstić information content (AvgIpc) is 1.85. The van der Waals surface area contributed by atoms with E-state index in [0.717, 1.165) is 0 Å². The molecule has 0 radical (unpaired) electrons. The van der Waals surface area contributed by atoms with Gasteiger partial charge in [-0.15, -0.1) is 0 Å². The van der Waals surface area contributed by atoms with Gasteiger partial charge in [-0.3, -0.25) is 5.41 Å². The summed E-state index contributed by atoms with van der Waals surface area (Å²) in [6, 6.07) is 0. The first-order valence-corrected chi connectivity index (χ1v) is 3.14. The molecule has 0 amide bonds. The fraction of sp³-hybridized carbons (Fsp3) is 0.429. The number of hydrogen-bond donors (Lipinski definition) is 2. The molecule has 0 aromatic carbocycles. The van der Waals surface area contributed by atoms with E-state index >= 15 is 0 Å². The molecule has 0 heterocycles. The number of allylic oxidation sites excluding steroid dienone is 2. The molecule has 0 aromatic rings. The van der Waals surface area contributed by atoms with Gasteiger partial charge in [-0.05, 0) is 25.5 Å². The maximum absolute atomic E-state index is 11.7. The van der Waals surface area contributed by atoms with E-state index in [1.54, 1.807) is 0 Å². The van der Waals surface area contributed by atoms with Crippen molar-refractivity contribution in [3.8, 4) is 0 Å².